The van der Waals surface area contributed by atoms with Crippen molar-refractivity contribution in [3.05, 3.63) is 59.6 Å². The minimum atomic E-state index is 0.669. The van der Waals surface area contributed by atoms with Crippen molar-refractivity contribution in [1.82, 2.24) is 25.2 Å². The third-order valence-corrected chi connectivity index (χ3v) is 5.89. The quantitative estimate of drug-likeness (QED) is 0.424. The summed E-state index contributed by atoms with van der Waals surface area (Å²) in [4.78, 5) is 4.73. The smallest absolute Gasteiger partial charge is 0.214 e. The summed E-state index contributed by atoms with van der Waals surface area (Å²) in [5.41, 5.74) is 2.85. The van der Waals surface area contributed by atoms with Crippen LogP contribution in [0.25, 0.3) is 16.3 Å². The van der Waals surface area contributed by atoms with Crippen LogP contribution in [0.4, 0.5) is 0 Å². The van der Waals surface area contributed by atoms with Gasteiger partial charge in [-0.2, -0.15) is 4.68 Å². The maximum Gasteiger partial charge on any atom is 0.214 e. The minimum Gasteiger partial charge on any atom is -0.497 e. The molecule has 0 saturated carbocycles. The maximum absolute atomic E-state index is 5.41. The summed E-state index contributed by atoms with van der Waals surface area (Å²) in [5, 5.41) is 15.8. The molecule has 2 aromatic carbocycles. The van der Waals surface area contributed by atoms with Gasteiger partial charge in [0.1, 0.15) is 22.2 Å². The molecule has 0 N–H and O–H groups in total. The number of para-hydroxylation sites is 2. The molecule has 0 aliphatic carbocycles. The van der Waals surface area contributed by atoms with Crippen molar-refractivity contribution in [2.24, 2.45) is 0 Å². The molecule has 4 rings (SSSR count). The van der Waals surface area contributed by atoms with E-state index in [0.29, 0.717) is 16.7 Å². The van der Waals surface area contributed by atoms with Crippen LogP contribution in [0.1, 0.15) is 5.69 Å². The number of aromatic nitrogens is 5. The molecule has 0 aliphatic heterocycles. The van der Waals surface area contributed by atoms with Gasteiger partial charge in [0.25, 0.3) is 0 Å². The van der Waals surface area contributed by atoms with Gasteiger partial charge in [-0.1, -0.05) is 23.9 Å². The number of hydrogen-bond acceptors (Lipinski definition) is 8. The molecule has 7 nitrogen and oxygen atoms in total. The van der Waals surface area contributed by atoms with Crippen LogP contribution in [0.3, 0.4) is 0 Å². The lowest BCUT2D eigenvalue weighted by molar-refractivity contribution is 0.410. The SMILES string of the molecule is COc1ccc(-c2nc(CSc3nnnn3-c3ccccc3OC)cs2)cc1. The fraction of sp³-hybridized carbons (Fsp3) is 0.158. The molecule has 0 unspecified atom stereocenters. The molecule has 4 aromatic rings. The van der Waals surface area contributed by atoms with Gasteiger partial charge in [-0.3, -0.25) is 0 Å². The number of methoxy groups -OCH3 is 2. The van der Waals surface area contributed by atoms with Crippen molar-refractivity contribution in [2.45, 2.75) is 10.9 Å². The van der Waals surface area contributed by atoms with E-state index in [1.165, 1.54) is 11.8 Å². The summed E-state index contributed by atoms with van der Waals surface area (Å²) < 4.78 is 12.3. The topological polar surface area (TPSA) is 75.0 Å². The van der Waals surface area contributed by atoms with Gasteiger partial charge in [-0.15, -0.1) is 16.4 Å². The number of thiazole rings is 1. The molecule has 0 atom stereocenters. The molecular weight excluding hydrogens is 394 g/mol. The van der Waals surface area contributed by atoms with Crippen LogP contribution in [0.15, 0.2) is 59.1 Å². The van der Waals surface area contributed by atoms with Gasteiger partial charge >= 0.3 is 0 Å². The Hall–Kier alpha value is -2.91. The maximum atomic E-state index is 5.41. The predicted octanol–water partition coefficient (Wildman–Crippen LogP) is 4.10. The van der Waals surface area contributed by atoms with Crippen molar-refractivity contribution < 1.29 is 9.47 Å². The van der Waals surface area contributed by atoms with Gasteiger partial charge in [0.15, 0.2) is 0 Å². The standard InChI is InChI=1S/C19H17N5O2S2/c1-25-15-9-7-13(8-10-15)18-20-14(11-27-18)12-28-19-21-22-23-24(19)16-5-3-4-6-17(16)26-2/h3-11H,12H2,1-2H3. The molecule has 28 heavy (non-hydrogen) atoms. The second-order valence-corrected chi connectivity index (χ2v) is 7.51. The van der Waals surface area contributed by atoms with Crippen molar-refractivity contribution in [2.75, 3.05) is 14.2 Å². The predicted molar refractivity (Wildman–Crippen MR) is 109 cm³/mol. The minimum absolute atomic E-state index is 0.669. The molecule has 0 bridgehead atoms. The van der Waals surface area contributed by atoms with Crippen LogP contribution >= 0.6 is 23.1 Å². The monoisotopic (exact) mass is 411 g/mol. The molecule has 0 spiro atoms. The molecular formula is C19H17N5O2S2. The van der Waals surface area contributed by atoms with E-state index >= 15 is 0 Å². The van der Waals surface area contributed by atoms with E-state index in [0.717, 1.165) is 27.7 Å². The van der Waals surface area contributed by atoms with Crippen LogP contribution in [-0.2, 0) is 5.75 Å². The van der Waals surface area contributed by atoms with Gasteiger partial charge in [0.2, 0.25) is 5.16 Å². The highest BCUT2D eigenvalue weighted by Gasteiger charge is 2.14. The number of hydrogen-bond donors (Lipinski definition) is 0. The number of tetrazole rings is 1. The Balaban J connectivity index is 1.49. The number of nitrogens with zero attached hydrogens (tertiary/aromatic N) is 5. The first kappa shape index (κ1) is 18.5. The van der Waals surface area contributed by atoms with Gasteiger partial charge in [-0.25, -0.2) is 4.98 Å². The van der Waals surface area contributed by atoms with Gasteiger partial charge in [-0.05, 0) is 46.8 Å². The van der Waals surface area contributed by atoms with Crippen LogP contribution in [-0.4, -0.2) is 39.4 Å². The lowest BCUT2D eigenvalue weighted by Crippen LogP contribution is -2.01. The molecule has 9 heteroatoms. The van der Waals surface area contributed by atoms with Crippen LogP contribution < -0.4 is 9.47 Å². The first-order chi connectivity index (χ1) is 13.8. The van der Waals surface area contributed by atoms with E-state index in [1.54, 1.807) is 30.2 Å². The Morgan fingerprint density at radius 1 is 1.04 bits per heavy atom. The third-order valence-electron chi connectivity index (χ3n) is 3.99. The summed E-state index contributed by atoms with van der Waals surface area (Å²) in [7, 11) is 3.29. The Labute approximate surface area is 170 Å². The summed E-state index contributed by atoms with van der Waals surface area (Å²) in [6, 6.07) is 15.5. The zero-order chi connectivity index (χ0) is 19.3. The van der Waals surface area contributed by atoms with Crippen LogP contribution in [0, 0.1) is 0 Å². The Bertz CT molecular complexity index is 1060. The Morgan fingerprint density at radius 3 is 2.64 bits per heavy atom. The number of thioether (sulfide) groups is 1. The third kappa shape index (κ3) is 3.85. The Kier molecular flexibility index (Phi) is 5.54. The second kappa shape index (κ2) is 8.41. The lowest BCUT2D eigenvalue weighted by atomic mass is 10.2. The normalized spacial score (nSPS) is 10.8. The highest BCUT2D eigenvalue weighted by molar-refractivity contribution is 7.98. The zero-order valence-corrected chi connectivity index (χ0v) is 16.9. The first-order valence-electron chi connectivity index (χ1n) is 8.42. The van der Waals surface area contributed by atoms with E-state index in [2.05, 4.69) is 20.9 Å². The average molecular weight is 412 g/mol. The van der Waals surface area contributed by atoms with E-state index in [9.17, 15) is 0 Å². The fourth-order valence-electron chi connectivity index (χ4n) is 2.60. The molecule has 0 fully saturated rings. The molecule has 0 aliphatic rings. The first-order valence-corrected chi connectivity index (χ1v) is 10.3. The Morgan fingerprint density at radius 2 is 1.86 bits per heavy atom. The van der Waals surface area contributed by atoms with Crippen LogP contribution in [0.2, 0.25) is 0 Å². The molecule has 0 radical (unpaired) electrons. The van der Waals surface area contributed by atoms with Crippen molar-refractivity contribution in [3.8, 4) is 27.8 Å². The lowest BCUT2D eigenvalue weighted by Gasteiger charge is -2.08. The van der Waals surface area contributed by atoms with E-state index in [1.807, 2.05) is 48.5 Å². The highest BCUT2D eigenvalue weighted by Crippen LogP contribution is 2.30. The molecule has 2 aromatic heterocycles. The molecule has 2 heterocycles. The van der Waals surface area contributed by atoms with Gasteiger partial charge in [0, 0.05) is 16.7 Å². The second-order valence-electron chi connectivity index (χ2n) is 5.71. The number of rotatable bonds is 7. The summed E-state index contributed by atoms with van der Waals surface area (Å²) in [6.07, 6.45) is 0. The molecule has 0 saturated heterocycles. The summed E-state index contributed by atoms with van der Waals surface area (Å²) in [5.74, 6) is 2.22. The van der Waals surface area contributed by atoms with E-state index in [4.69, 9.17) is 14.5 Å². The largest absolute Gasteiger partial charge is 0.497 e. The average Bonchev–Trinajstić information content (AvgIpc) is 3.41. The fourth-order valence-corrected chi connectivity index (χ4v) is 4.31. The molecule has 142 valence electrons. The van der Waals surface area contributed by atoms with Crippen LogP contribution in [0.5, 0.6) is 11.5 Å². The highest BCUT2D eigenvalue weighted by atomic mass is 32.2. The molecule has 0 amide bonds. The summed E-state index contributed by atoms with van der Waals surface area (Å²) >= 11 is 3.15. The van der Waals surface area contributed by atoms with Gasteiger partial charge < -0.3 is 9.47 Å². The van der Waals surface area contributed by atoms with Crippen molar-refractivity contribution >= 4 is 23.1 Å². The number of benzene rings is 2. The summed E-state index contributed by atoms with van der Waals surface area (Å²) in [6.45, 7) is 0. The van der Waals surface area contributed by atoms with E-state index in [-0.39, 0.29) is 0 Å². The van der Waals surface area contributed by atoms with Crippen molar-refractivity contribution in [3.63, 3.8) is 0 Å². The van der Waals surface area contributed by atoms with Crippen molar-refractivity contribution in [1.29, 1.82) is 0 Å². The zero-order valence-electron chi connectivity index (χ0n) is 15.3. The van der Waals surface area contributed by atoms with E-state index < -0.39 is 0 Å². The number of ether oxygens (including phenoxy) is 2. The van der Waals surface area contributed by atoms with Gasteiger partial charge in [0.05, 0.1) is 19.9 Å².